The molecule has 0 spiro atoms. The van der Waals surface area contributed by atoms with E-state index in [0.717, 1.165) is 27.8 Å². The molecule has 6 atom stereocenters. The predicted molar refractivity (Wildman–Crippen MR) is 311 cm³/mol. The van der Waals surface area contributed by atoms with Crippen molar-refractivity contribution in [3.63, 3.8) is 0 Å². The fraction of sp³-hybridized carbons (Fsp3) is 0.466. The van der Waals surface area contributed by atoms with Crippen molar-refractivity contribution in [3.05, 3.63) is 116 Å². The lowest BCUT2D eigenvalue weighted by Crippen LogP contribution is -2.59. The van der Waals surface area contributed by atoms with Crippen LogP contribution >= 0.6 is 34.5 Å². The van der Waals surface area contributed by atoms with E-state index in [1.54, 1.807) is 57.8 Å². The summed E-state index contributed by atoms with van der Waals surface area (Å²) in [5.41, 5.74) is 10.7. The van der Waals surface area contributed by atoms with Gasteiger partial charge in [0.1, 0.15) is 24.0 Å². The van der Waals surface area contributed by atoms with E-state index < -0.39 is 53.2 Å². The van der Waals surface area contributed by atoms with Crippen LogP contribution in [0.3, 0.4) is 0 Å². The Morgan fingerprint density at radius 1 is 0.867 bits per heavy atom. The number of nitrogens with zero attached hydrogens (tertiary/aromatic N) is 6. The number of aromatic nitrogens is 3. The molecular weight excluding hydrogens is 1130 g/mol. The van der Waals surface area contributed by atoms with Crippen LogP contribution in [0.1, 0.15) is 105 Å². The first-order chi connectivity index (χ1) is 39.5. The molecule has 7 rings (SSSR count). The van der Waals surface area contributed by atoms with Crippen LogP contribution in [0.25, 0.3) is 10.4 Å². The Hall–Kier alpha value is -6.86. The van der Waals surface area contributed by atoms with Crippen molar-refractivity contribution in [2.75, 3.05) is 70.3 Å². The van der Waals surface area contributed by atoms with Gasteiger partial charge in [-0.25, -0.2) is 9.37 Å². The number of rotatable bonds is 24. The molecule has 25 heteroatoms. The highest BCUT2D eigenvalue weighted by Gasteiger charge is 2.44. The number of thiazole rings is 1. The molecule has 2 saturated heterocycles. The smallest absolute Gasteiger partial charge is 0.276 e. The van der Waals surface area contributed by atoms with E-state index in [1.165, 1.54) is 17.0 Å². The highest BCUT2D eigenvalue weighted by Crippen LogP contribution is 2.36. The topological polar surface area (TPSA) is 270 Å². The van der Waals surface area contributed by atoms with E-state index in [0.29, 0.717) is 24.3 Å². The summed E-state index contributed by atoms with van der Waals surface area (Å²) < 4.78 is 37.0. The second kappa shape index (κ2) is 29.1. The molecule has 4 heterocycles. The second-order valence-electron chi connectivity index (χ2n) is 21.5. The molecule has 0 aliphatic carbocycles. The number of aryl methyl sites for hydroxylation is 1. The quantitative estimate of drug-likeness (QED) is 0.0307. The maximum Gasteiger partial charge on any atom is 0.276 e. The first kappa shape index (κ1) is 63.7. The van der Waals surface area contributed by atoms with Gasteiger partial charge in [-0.15, -0.1) is 21.5 Å². The number of aliphatic hydroxyl groups excluding tert-OH is 1. The Balaban J connectivity index is 0.752. The summed E-state index contributed by atoms with van der Waals surface area (Å²) in [5.74, 6) is -3.03. The zero-order valence-corrected chi connectivity index (χ0v) is 49.7. The zero-order valence-electron chi connectivity index (χ0n) is 47.4. The molecule has 0 radical (unpaired) electrons. The van der Waals surface area contributed by atoms with Crippen molar-refractivity contribution in [2.45, 2.75) is 111 Å². The number of β-amino-alcohol motifs (C(OH)–C–C–N with tert-alkyl or cyclic N) is 1. The Labute approximate surface area is 495 Å². The number of nitrogens with two attached hydrogens (primary N) is 1. The fourth-order valence-corrected chi connectivity index (χ4v) is 11.3. The molecular formula is C58H71Cl2FN10O11S. The number of carbonyl (C=O) groups is 6. The van der Waals surface area contributed by atoms with Gasteiger partial charge < -0.3 is 60.4 Å². The summed E-state index contributed by atoms with van der Waals surface area (Å²) in [6.07, 6.45) is -1.57. The largest absolute Gasteiger partial charge is 0.482 e. The van der Waals surface area contributed by atoms with Crippen LogP contribution < -0.4 is 26.4 Å². The summed E-state index contributed by atoms with van der Waals surface area (Å²) in [7, 11) is 0. The van der Waals surface area contributed by atoms with Crippen LogP contribution in [-0.4, -0.2) is 160 Å². The van der Waals surface area contributed by atoms with Crippen LogP contribution in [0.4, 0.5) is 15.9 Å². The molecule has 0 bridgehead atoms. The Morgan fingerprint density at radius 2 is 1.51 bits per heavy atom. The first-order valence-electron chi connectivity index (χ1n) is 27.2. The van der Waals surface area contributed by atoms with Gasteiger partial charge in [-0.2, -0.15) is 0 Å². The third-order valence-corrected chi connectivity index (χ3v) is 15.8. The van der Waals surface area contributed by atoms with E-state index in [1.807, 2.05) is 65.8 Å². The van der Waals surface area contributed by atoms with E-state index in [9.17, 15) is 38.3 Å². The van der Waals surface area contributed by atoms with Crippen molar-refractivity contribution in [1.82, 2.24) is 40.5 Å². The number of hydrogen-bond donors (Lipinski definition) is 5. The fourth-order valence-electron chi connectivity index (χ4n) is 9.82. The number of nitrogen functional groups attached to an aromatic ring is 1. The van der Waals surface area contributed by atoms with Gasteiger partial charge in [0, 0.05) is 79.0 Å². The molecule has 0 saturated carbocycles. The zero-order chi connectivity index (χ0) is 60.1. The van der Waals surface area contributed by atoms with Gasteiger partial charge in [-0.05, 0) is 80.6 Å². The minimum Gasteiger partial charge on any atom is -0.482 e. The minimum atomic E-state index is -0.970. The molecule has 2 fully saturated rings. The molecule has 446 valence electrons. The monoisotopic (exact) mass is 1200 g/mol. The SMILES string of the molecule is Cc1ncsc1-c1ccc(CNC(=O)[C@@H]2C[C@@H](O)CN2C(=O)C(NC(=O)CCOCCOCCOCCC(=O)N2[C@H](C)CN(C(=O)c3ccc(NC(=O)c4cc(OC(C)c5c(Cl)ccc(F)c5Cl)c(N)nn4)cc3)C[C@@H]2C)C(C)(C)C)cc1. The number of nitrogens with one attached hydrogen (secondary N) is 3. The number of amides is 6. The molecule has 2 aliphatic heterocycles. The van der Waals surface area contributed by atoms with Crippen LogP contribution in [0.2, 0.25) is 10.0 Å². The molecule has 21 nitrogen and oxygen atoms in total. The van der Waals surface area contributed by atoms with Gasteiger partial charge >= 0.3 is 0 Å². The average molecular weight is 1210 g/mol. The summed E-state index contributed by atoms with van der Waals surface area (Å²) in [5, 5.41) is 26.7. The standard InChI is InChI=1S/C58H71Cl2FN10O11S/c1-33-29-69(56(77)39-12-14-40(15-13-39)65-54(75)44-27-46(53(62)68-67-44)82-36(4)49-42(59)16-17-43(61)50(49)60)30-34(2)71(33)48(74)19-21-80-23-25-81-24-22-79-20-18-47(73)66-52(58(5,6)7)57(78)70-31-41(72)26-45(70)55(76)63-28-37-8-10-38(11-9-37)51-35(3)64-32-83-51/h8-17,27,32-34,36,41,45,52,72H,18-26,28-31H2,1-7H3,(H2,62,68)(H,63,76)(H,65,75)(H,66,73)/t33-,34+,36?,41-,45+,52?/m1/s1. The summed E-state index contributed by atoms with van der Waals surface area (Å²) in [6, 6.07) is 15.5. The number of benzene rings is 3. The van der Waals surface area contributed by atoms with Crippen molar-refractivity contribution >= 4 is 81.5 Å². The van der Waals surface area contributed by atoms with Gasteiger partial charge in [0.05, 0.1) is 73.3 Å². The molecule has 2 aromatic heterocycles. The van der Waals surface area contributed by atoms with Gasteiger partial charge in [0.2, 0.25) is 23.6 Å². The van der Waals surface area contributed by atoms with Gasteiger partial charge in [-0.1, -0.05) is 68.2 Å². The van der Waals surface area contributed by atoms with Crippen molar-refractivity contribution in [3.8, 4) is 16.2 Å². The van der Waals surface area contributed by atoms with Crippen LogP contribution in [0, 0.1) is 18.2 Å². The highest BCUT2D eigenvalue weighted by atomic mass is 35.5. The Kier molecular flexibility index (Phi) is 22.3. The predicted octanol–water partition coefficient (Wildman–Crippen LogP) is 7.03. The molecule has 3 aromatic carbocycles. The third kappa shape index (κ3) is 16.9. The van der Waals surface area contributed by atoms with Gasteiger partial charge in [-0.3, -0.25) is 28.8 Å². The van der Waals surface area contributed by atoms with Crippen molar-refractivity contribution in [1.29, 1.82) is 0 Å². The molecule has 5 aromatic rings. The second-order valence-corrected chi connectivity index (χ2v) is 23.2. The van der Waals surface area contributed by atoms with E-state index in [4.69, 9.17) is 47.9 Å². The lowest BCUT2D eigenvalue weighted by atomic mass is 9.85. The molecule has 6 N–H and O–H groups in total. The summed E-state index contributed by atoms with van der Waals surface area (Å²) in [4.78, 5) is 91.0. The summed E-state index contributed by atoms with van der Waals surface area (Å²) >= 11 is 14.0. The first-order valence-corrected chi connectivity index (χ1v) is 28.9. The van der Waals surface area contributed by atoms with Crippen molar-refractivity contribution in [2.24, 2.45) is 5.41 Å². The van der Waals surface area contributed by atoms with Gasteiger partial charge in [0.15, 0.2) is 17.3 Å². The maximum atomic E-state index is 14.2. The lowest BCUT2D eigenvalue weighted by Gasteiger charge is -2.44. The Bertz CT molecular complexity index is 3080. The number of piperazine rings is 1. The maximum absolute atomic E-state index is 14.2. The van der Waals surface area contributed by atoms with Crippen LogP contribution in [0.5, 0.6) is 5.75 Å². The van der Waals surface area contributed by atoms with Crippen LogP contribution in [-0.2, 0) is 39.9 Å². The lowest BCUT2D eigenvalue weighted by molar-refractivity contribution is -0.144. The van der Waals surface area contributed by atoms with E-state index >= 15 is 0 Å². The number of halogens is 3. The Morgan fingerprint density at radius 3 is 2.13 bits per heavy atom. The minimum absolute atomic E-state index is 0.00169. The van der Waals surface area contributed by atoms with E-state index in [-0.39, 0.29) is 135 Å². The molecule has 6 amide bonds. The van der Waals surface area contributed by atoms with Crippen LogP contribution in [0.15, 0.2) is 72.2 Å². The summed E-state index contributed by atoms with van der Waals surface area (Å²) in [6.45, 7) is 14.8. The van der Waals surface area contributed by atoms with Gasteiger partial charge in [0.25, 0.3) is 11.8 Å². The number of hydrogen-bond acceptors (Lipinski definition) is 16. The number of carbonyl (C=O) groups excluding carboxylic acids is 6. The highest BCUT2D eigenvalue weighted by molar-refractivity contribution is 7.13. The molecule has 83 heavy (non-hydrogen) atoms. The normalized spacial score (nSPS) is 17.9. The number of aliphatic hydroxyl groups is 1. The average Bonchev–Trinajstić information content (AvgIpc) is 4.23. The number of ether oxygens (including phenoxy) is 4. The third-order valence-electron chi connectivity index (χ3n) is 14.1. The number of likely N-dealkylation sites (tertiary alicyclic amines) is 1. The molecule has 2 unspecified atom stereocenters. The van der Waals surface area contributed by atoms with E-state index in [2.05, 4.69) is 31.1 Å². The van der Waals surface area contributed by atoms with Crippen molar-refractivity contribution < 1.29 is 57.2 Å². The molecule has 2 aliphatic rings. The number of anilines is 2.